The molecule has 1 aromatic heterocycles. The van der Waals surface area contributed by atoms with Crippen LogP contribution in [0.15, 0.2) is 67.0 Å². The molecular weight excluding hydrogens is 747 g/mol. The number of ether oxygens (including phenoxy) is 1. The molecule has 0 bridgehead atoms. The van der Waals surface area contributed by atoms with E-state index in [1.165, 1.54) is 33.3 Å². The van der Waals surface area contributed by atoms with Crippen LogP contribution in [0.4, 0.5) is 0 Å². The highest BCUT2D eigenvalue weighted by Gasteiger charge is 2.44. The fourth-order valence-corrected chi connectivity index (χ4v) is 6.80. The summed E-state index contributed by atoms with van der Waals surface area (Å²) >= 11 is 0. The molecule has 1 aliphatic rings. The maximum atomic E-state index is 14.2. The van der Waals surface area contributed by atoms with Gasteiger partial charge in [0.2, 0.25) is 35.4 Å². The number of fused-ring (bicyclic) bond motifs is 1. The van der Waals surface area contributed by atoms with Crippen molar-refractivity contribution < 1.29 is 43.1 Å². The van der Waals surface area contributed by atoms with Gasteiger partial charge in [-0.25, -0.2) is 0 Å². The van der Waals surface area contributed by atoms with Crippen LogP contribution in [-0.2, 0) is 55.9 Å². The highest BCUT2D eigenvalue weighted by atomic mass is 16.5. The molecule has 1 fully saturated rings. The molecule has 1 aliphatic heterocycles. The lowest BCUT2D eigenvalue weighted by molar-refractivity contribution is -0.141. The summed E-state index contributed by atoms with van der Waals surface area (Å²) in [5, 5.41) is 12.8. The van der Waals surface area contributed by atoms with Gasteiger partial charge in [0.05, 0.1) is 13.0 Å². The number of nitrogens with zero attached hydrogens (tertiary/aromatic N) is 2. The second kappa shape index (κ2) is 20.9. The first kappa shape index (κ1) is 44.7. The Hall–Kier alpha value is -6.03. The van der Waals surface area contributed by atoms with Crippen LogP contribution in [0.3, 0.4) is 0 Å². The fourth-order valence-electron chi connectivity index (χ4n) is 6.80. The van der Waals surface area contributed by atoms with Crippen molar-refractivity contribution in [1.82, 2.24) is 31.2 Å². The zero-order chi connectivity index (χ0) is 42.4. The third kappa shape index (κ3) is 13.0. The maximum Gasteiger partial charge on any atom is 0.246 e. The van der Waals surface area contributed by atoms with Gasteiger partial charge in [0.15, 0.2) is 0 Å². The number of nitrogens with two attached hydrogens (primary N) is 1. The number of hydrogen-bond donors (Lipinski definition) is 5. The van der Waals surface area contributed by atoms with Crippen molar-refractivity contribution >= 4 is 57.8 Å². The number of likely N-dealkylation sites (N-methyl/N-ethyl adjacent to an activating group) is 1. The van der Waals surface area contributed by atoms with Crippen LogP contribution in [0.25, 0.3) is 10.8 Å². The first-order valence-corrected chi connectivity index (χ1v) is 19.3. The molecule has 0 aliphatic carbocycles. The van der Waals surface area contributed by atoms with Crippen molar-refractivity contribution in [1.29, 1.82) is 0 Å². The molecule has 0 unspecified atom stereocenters. The summed E-state index contributed by atoms with van der Waals surface area (Å²) < 4.78 is 5.53. The lowest BCUT2D eigenvalue weighted by Gasteiger charge is -2.38. The zero-order valence-corrected chi connectivity index (χ0v) is 33.4. The van der Waals surface area contributed by atoms with Gasteiger partial charge in [0, 0.05) is 64.3 Å². The molecule has 0 spiro atoms. The number of hydrogen-bond acceptors (Lipinski definition) is 10. The molecular formula is C42H53N7O9. The van der Waals surface area contributed by atoms with E-state index in [0.717, 1.165) is 21.2 Å². The van der Waals surface area contributed by atoms with Crippen LogP contribution in [0.5, 0.6) is 0 Å². The number of carbonyl (C=O) groups is 8. The predicted molar refractivity (Wildman–Crippen MR) is 214 cm³/mol. The molecule has 4 rings (SSSR count). The van der Waals surface area contributed by atoms with Crippen LogP contribution in [0.2, 0.25) is 0 Å². The minimum Gasteiger partial charge on any atom is -0.381 e. The largest absolute Gasteiger partial charge is 0.381 e. The van der Waals surface area contributed by atoms with E-state index >= 15 is 0 Å². The van der Waals surface area contributed by atoms with Crippen molar-refractivity contribution in [2.45, 2.75) is 89.4 Å². The minimum absolute atomic E-state index is 0.0341. The summed E-state index contributed by atoms with van der Waals surface area (Å²) in [7, 11) is 1.40. The summed E-state index contributed by atoms with van der Waals surface area (Å²) in [5.74, 6) is -5.56. The van der Waals surface area contributed by atoms with E-state index in [9.17, 15) is 38.4 Å². The average Bonchev–Trinajstić information content (AvgIpc) is 3.18. The number of Topliss-reactive ketones (excluding diaryl/α,β-unsaturated/α-hetero) is 2. The van der Waals surface area contributed by atoms with E-state index in [-0.39, 0.29) is 69.3 Å². The first-order chi connectivity index (χ1) is 27.6. The Labute approximate surface area is 337 Å². The number of aromatic nitrogens is 1. The monoisotopic (exact) mass is 799 g/mol. The Bertz CT molecular complexity index is 1980. The topological polar surface area (TPSA) is 236 Å². The second-order valence-corrected chi connectivity index (χ2v) is 15.0. The third-order valence-electron chi connectivity index (χ3n) is 10.0. The number of primary amides is 1. The van der Waals surface area contributed by atoms with Gasteiger partial charge in [-0.2, -0.15) is 0 Å². The Morgan fingerprint density at radius 1 is 0.793 bits per heavy atom. The summed E-state index contributed by atoms with van der Waals surface area (Å²) in [5.41, 5.74) is 5.54. The van der Waals surface area contributed by atoms with Crippen LogP contribution >= 0.6 is 0 Å². The molecule has 16 heteroatoms. The van der Waals surface area contributed by atoms with Crippen LogP contribution < -0.4 is 27.0 Å². The minimum atomic E-state index is -1.60. The molecule has 3 aromatic rings. The Morgan fingerprint density at radius 3 is 2.10 bits per heavy atom. The standard InChI is InChI=1S/C42H53N7O9/c1-26(20-29-12-13-31-9-5-6-10-32(31)21-29)37(53)48-42(15-18-58-19-16-42)41(57)47-33(14-11-27(2)50)38(54)45-34(23-36(43)52)39(55)46-35(22-30-8-7-17-44-24-30)40(56)49(4)25-28(3)51/h5-10,12-13,17,21,24,26,33-35H,11,14-16,18-20,22-23,25H2,1-4H3,(H2,43,52)(H,45,54)(H,46,55)(H,47,57)(H,48,53)/t26-,33-,34-,35-/m0/s1. The van der Waals surface area contributed by atoms with Gasteiger partial charge in [0.1, 0.15) is 35.2 Å². The van der Waals surface area contributed by atoms with Crippen LogP contribution in [-0.4, -0.2) is 107 Å². The van der Waals surface area contributed by atoms with E-state index < -0.39 is 65.5 Å². The number of benzene rings is 2. The molecule has 2 heterocycles. The lowest BCUT2D eigenvalue weighted by atomic mass is 9.87. The molecule has 1 saturated heterocycles. The van der Waals surface area contributed by atoms with Gasteiger partial charge in [-0.1, -0.05) is 55.5 Å². The number of amides is 6. The zero-order valence-electron chi connectivity index (χ0n) is 33.4. The van der Waals surface area contributed by atoms with Gasteiger partial charge in [-0.05, 0) is 54.7 Å². The summed E-state index contributed by atoms with van der Waals surface area (Å²) in [6.45, 7) is 4.47. The number of nitrogens with one attached hydrogen (secondary N) is 4. The normalized spacial score (nSPS) is 15.4. The first-order valence-electron chi connectivity index (χ1n) is 19.3. The van der Waals surface area contributed by atoms with Gasteiger partial charge < -0.3 is 41.4 Å². The van der Waals surface area contributed by atoms with Crippen LogP contribution in [0, 0.1) is 5.92 Å². The van der Waals surface area contributed by atoms with Crippen molar-refractivity contribution in [3.63, 3.8) is 0 Å². The highest BCUT2D eigenvalue weighted by Crippen LogP contribution is 2.24. The van der Waals surface area contributed by atoms with E-state index in [1.54, 1.807) is 19.1 Å². The smallest absolute Gasteiger partial charge is 0.246 e. The number of ketones is 2. The van der Waals surface area contributed by atoms with Crippen molar-refractivity contribution in [2.24, 2.45) is 11.7 Å². The summed E-state index contributed by atoms with van der Waals surface area (Å²) in [6, 6.07) is 13.0. The molecule has 0 saturated carbocycles. The van der Waals surface area contributed by atoms with Crippen LogP contribution in [0.1, 0.15) is 64.0 Å². The maximum absolute atomic E-state index is 14.2. The van der Waals surface area contributed by atoms with Gasteiger partial charge in [-0.15, -0.1) is 0 Å². The summed E-state index contributed by atoms with van der Waals surface area (Å²) in [4.78, 5) is 110. The molecule has 6 N–H and O–H groups in total. The molecule has 58 heavy (non-hydrogen) atoms. The van der Waals surface area contributed by atoms with Gasteiger partial charge >= 0.3 is 0 Å². The molecule has 6 amide bonds. The third-order valence-corrected chi connectivity index (χ3v) is 10.0. The lowest BCUT2D eigenvalue weighted by Crippen LogP contribution is -2.65. The van der Waals surface area contributed by atoms with E-state index in [4.69, 9.17) is 10.5 Å². The number of pyridine rings is 1. The van der Waals surface area contributed by atoms with Gasteiger partial charge in [0.25, 0.3) is 0 Å². The van der Waals surface area contributed by atoms with Crippen molar-refractivity contribution in [3.8, 4) is 0 Å². The number of carbonyl (C=O) groups excluding carboxylic acids is 8. The quantitative estimate of drug-likeness (QED) is 0.109. The predicted octanol–water partition coefficient (Wildman–Crippen LogP) is 1.07. The highest BCUT2D eigenvalue weighted by molar-refractivity contribution is 5.99. The molecule has 4 atom stereocenters. The van der Waals surface area contributed by atoms with E-state index in [2.05, 4.69) is 26.3 Å². The average molecular weight is 800 g/mol. The molecule has 2 aromatic carbocycles. The van der Waals surface area contributed by atoms with E-state index in [1.807, 2.05) is 42.5 Å². The van der Waals surface area contributed by atoms with Crippen molar-refractivity contribution in [2.75, 3.05) is 26.8 Å². The second-order valence-electron chi connectivity index (χ2n) is 15.0. The van der Waals surface area contributed by atoms with E-state index in [0.29, 0.717) is 12.0 Å². The molecule has 16 nitrogen and oxygen atoms in total. The molecule has 0 radical (unpaired) electrons. The SMILES string of the molecule is CC(=O)CC[C@H](NC(=O)C1(NC(=O)[C@@H](C)Cc2ccc3ccccc3c2)CCOCC1)C(=O)N[C@@H](CC(N)=O)C(=O)N[C@@H](Cc1cccnc1)C(=O)N(C)CC(C)=O. The number of rotatable bonds is 20. The fraction of sp³-hybridized carbons (Fsp3) is 0.452. The Balaban J connectivity index is 1.52. The Kier molecular flexibility index (Phi) is 16.1. The van der Waals surface area contributed by atoms with Gasteiger partial charge in [-0.3, -0.25) is 38.5 Å². The summed E-state index contributed by atoms with van der Waals surface area (Å²) in [6.07, 6.45) is 2.64. The van der Waals surface area contributed by atoms with Crippen molar-refractivity contribution in [3.05, 3.63) is 78.1 Å². The Morgan fingerprint density at radius 2 is 1.47 bits per heavy atom. The molecule has 310 valence electrons.